The van der Waals surface area contributed by atoms with Crippen LogP contribution in [-0.4, -0.2) is 18.7 Å². The SMILES string of the molecule is CN(C)c1ccc(/C=c2/sc3n(c2=O)C(c2ccccc2Cl)C2=C(N=3)c3ccccc3CC2)cc1. The Kier molecular flexibility index (Phi) is 5.47. The normalized spacial score (nSPS) is 16.9. The highest BCUT2D eigenvalue weighted by Crippen LogP contribution is 2.42. The Morgan fingerprint density at radius 2 is 1.74 bits per heavy atom. The van der Waals surface area contributed by atoms with E-state index in [1.54, 1.807) is 0 Å². The van der Waals surface area contributed by atoms with Crippen molar-refractivity contribution in [2.24, 2.45) is 4.99 Å². The first-order valence-corrected chi connectivity index (χ1v) is 12.9. The molecule has 0 saturated carbocycles. The van der Waals surface area contributed by atoms with Gasteiger partial charge in [0.2, 0.25) is 0 Å². The number of aromatic nitrogens is 1. The van der Waals surface area contributed by atoms with Gasteiger partial charge in [0.05, 0.1) is 16.3 Å². The number of nitrogens with zero attached hydrogens (tertiary/aromatic N) is 3. The number of hydrogen-bond donors (Lipinski definition) is 0. The summed E-state index contributed by atoms with van der Waals surface area (Å²) in [6, 6.07) is 24.2. The van der Waals surface area contributed by atoms with Gasteiger partial charge in [-0.2, -0.15) is 0 Å². The number of fused-ring (bicyclic) bond motifs is 3. The third-order valence-corrected chi connectivity index (χ3v) is 8.11. The summed E-state index contributed by atoms with van der Waals surface area (Å²) in [4.78, 5) is 21.7. The van der Waals surface area contributed by atoms with Gasteiger partial charge in [0.15, 0.2) is 4.80 Å². The third kappa shape index (κ3) is 3.76. The molecule has 0 fully saturated rings. The van der Waals surface area contributed by atoms with Gasteiger partial charge in [-0.25, -0.2) is 4.99 Å². The van der Waals surface area contributed by atoms with Gasteiger partial charge in [0, 0.05) is 30.4 Å². The van der Waals surface area contributed by atoms with Crippen LogP contribution < -0.4 is 19.8 Å². The molecule has 1 aliphatic carbocycles. The molecule has 174 valence electrons. The standard InChI is InChI=1S/C29H24ClN3OS/c1-32(2)20-14-11-18(12-15-20)17-25-28(34)33-27(22-9-5-6-10-24(22)30)23-16-13-19-7-3-4-8-21(19)26(23)31-29(33)35-25/h3-12,14-15,17,27H,13,16H2,1-2H3/b25-17+. The molecule has 0 bridgehead atoms. The van der Waals surface area contributed by atoms with Crippen LogP contribution in [0.2, 0.25) is 5.02 Å². The number of benzene rings is 3. The molecule has 6 rings (SSSR count). The van der Waals surface area contributed by atoms with Crippen LogP contribution in [0.25, 0.3) is 11.8 Å². The van der Waals surface area contributed by atoms with Crippen molar-refractivity contribution in [3.63, 3.8) is 0 Å². The summed E-state index contributed by atoms with van der Waals surface area (Å²) in [7, 11) is 4.03. The van der Waals surface area contributed by atoms with Crippen molar-refractivity contribution in [3.8, 4) is 0 Å². The third-order valence-electron chi connectivity index (χ3n) is 6.78. The summed E-state index contributed by atoms with van der Waals surface area (Å²) in [6.07, 6.45) is 3.74. The van der Waals surface area contributed by atoms with Crippen LogP contribution in [0.4, 0.5) is 5.69 Å². The Morgan fingerprint density at radius 3 is 2.51 bits per heavy atom. The Hall–Kier alpha value is -3.41. The van der Waals surface area contributed by atoms with Gasteiger partial charge in [0.1, 0.15) is 0 Å². The average Bonchev–Trinajstić information content (AvgIpc) is 3.18. The zero-order chi connectivity index (χ0) is 24.1. The summed E-state index contributed by atoms with van der Waals surface area (Å²) in [5.74, 6) is 0. The molecular formula is C29H24ClN3OS. The predicted octanol–water partition coefficient (Wildman–Crippen LogP) is 5.04. The first-order valence-electron chi connectivity index (χ1n) is 11.7. The Bertz CT molecular complexity index is 1660. The lowest BCUT2D eigenvalue weighted by atomic mass is 9.83. The molecule has 0 amide bonds. The van der Waals surface area contributed by atoms with Gasteiger partial charge in [0.25, 0.3) is 5.56 Å². The van der Waals surface area contributed by atoms with Crippen molar-refractivity contribution in [1.29, 1.82) is 0 Å². The van der Waals surface area contributed by atoms with Crippen LogP contribution in [0.15, 0.2) is 88.2 Å². The monoisotopic (exact) mass is 497 g/mol. The number of rotatable bonds is 3. The Morgan fingerprint density at radius 1 is 1.00 bits per heavy atom. The molecule has 1 atom stereocenters. The van der Waals surface area contributed by atoms with E-state index in [-0.39, 0.29) is 11.6 Å². The number of thiazole rings is 1. The fourth-order valence-corrected chi connectivity index (χ4v) is 6.26. The Balaban J connectivity index is 1.59. The lowest BCUT2D eigenvalue weighted by molar-refractivity contribution is 0.585. The van der Waals surface area contributed by atoms with E-state index in [9.17, 15) is 4.79 Å². The highest BCUT2D eigenvalue weighted by Gasteiger charge is 2.33. The molecule has 1 aromatic heterocycles. The Labute approximate surface area is 212 Å². The van der Waals surface area contributed by atoms with E-state index in [2.05, 4.69) is 41.3 Å². The van der Waals surface area contributed by atoms with Crippen molar-refractivity contribution in [1.82, 2.24) is 4.57 Å². The fourth-order valence-electron chi connectivity index (χ4n) is 5.02. The van der Waals surface area contributed by atoms with Gasteiger partial charge < -0.3 is 4.90 Å². The molecule has 0 N–H and O–H groups in total. The lowest BCUT2D eigenvalue weighted by Gasteiger charge is -2.31. The second-order valence-corrected chi connectivity index (χ2v) is 10.5. The summed E-state index contributed by atoms with van der Waals surface area (Å²) >= 11 is 8.15. The number of anilines is 1. The van der Waals surface area contributed by atoms with E-state index in [4.69, 9.17) is 16.6 Å². The average molecular weight is 498 g/mol. The number of aryl methyl sites for hydroxylation is 1. The van der Waals surface area contributed by atoms with Crippen molar-refractivity contribution in [2.45, 2.75) is 18.9 Å². The van der Waals surface area contributed by atoms with Gasteiger partial charge in [-0.1, -0.05) is 77.5 Å². The topological polar surface area (TPSA) is 37.6 Å². The van der Waals surface area contributed by atoms with Crippen LogP contribution in [0.1, 0.15) is 34.7 Å². The molecule has 1 aliphatic heterocycles. The van der Waals surface area contributed by atoms with Crippen LogP contribution in [0.5, 0.6) is 0 Å². The van der Waals surface area contributed by atoms with Crippen molar-refractivity contribution in [2.75, 3.05) is 19.0 Å². The van der Waals surface area contributed by atoms with E-state index < -0.39 is 0 Å². The number of allylic oxidation sites excluding steroid dienone is 1. The van der Waals surface area contributed by atoms with E-state index >= 15 is 0 Å². The summed E-state index contributed by atoms with van der Waals surface area (Å²) in [5.41, 5.74) is 7.62. The number of halogens is 1. The molecule has 35 heavy (non-hydrogen) atoms. The van der Waals surface area contributed by atoms with Crippen molar-refractivity contribution in [3.05, 3.63) is 125 Å². The van der Waals surface area contributed by atoms with Crippen molar-refractivity contribution >= 4 is 40.4 Å². The molecule has 4 aromatic rings. The maximum Gasteiger partial charge on any atom is 0.271 e. The van der Waals surface area contributed by atoms with Crippen LogP contribution in [-0.2, 0) is 6.42 Å². The molecule has 2 aliphatic rings. The second-order valence-electron chi connectivity index (χ2n) is 9.12. The van der Waals surface area contributed by atoms with Gasteiger partial charge in [-0.3, -0.25) is 9.36 Å². The summed E-state index contributed by atoms with van der Waals surface area (Å²) in [5, 5.41) is 0.666. The summed E-state index contributed by atoms with van der Waals surface area (Å²) < 4.78 is 2.52. The highest BCUT2D eigenvalue weighted by atomic mass is 35.5. The van der Waals surface area contributed by atoms with Gasteiger partial charge >= 0.3 is 0 Å². The zero-order valence-electron chi connectivity index (χ0n) is 19.5. The van der Waals surface area contributed by atoms with E-state index in [1.807, 2.05) is 61.1 Å². The highest BCUT2D eigenvalue weighted by molar-refractivity contribution is 7.07. The molecule has 4 nitrogen and oxygen atoms in total. The fraction of sp³-hybridized carbons (Fsp3) is 0.172. The molecule has 0 radical (unpaired) electrons. The molecule has 2 heterocycles. The van der Waals surface area contributed by atoms with Crippen LogP contribution >= 0.6 is 22.9 Å². The van der Waals surface area contributed by atoms with Crippen molar-refractivity contribution < 1.29 is 0 Å². The zero-order valence-corrected chi connectivity index (χ0v) is 21.1. The van der Waals surface area contributed by atoms with E-state index in [0.717, 1.165) is 46.5 Å². The van der Waals surface area contributed by atoms with Gasteiger partial charge in [-0.05, 0) is 59.4 Å². The molecule has 6 heteroatoms. The van der Waals surface area contributed by atoms with E-state index in [1.165, 1.54) is 16.9 Å². The number of hydrogen-bond acceptors (Lipinski definition) is 4. The molecular weight excluding hydrogens is 474 g/mol. The van der Waals surface area contributed by atoms with Crippen LogP contribution in [0.3, 0.4) is 0 Å². The minimum atomic E-state index is -0.262. The summed E-state index contributed by atoms with van der Waals surface area (Å²) in [6.45, 7) is 0. The first-order chi connectivity index (χ1) is 17.0. The smallest absolute Gasteiger partial charge is 0.271 e. The van der Waals surface area contributed by atoms with Crippen LogP contribution in [0, 0.1) is 0 Å². The maximum atomic E-state index is 13.8. The molecule has 3 aromatic carbocycles. The minimum absolute atomic E-state index is 0.0271. The maximum absolute atomic E-state index is 13.8. The predicted molar refractivity (Wildman–Crippen MR) is 145 cm³/mol. The molecule has 0 saturated heterocycles. The second kappa shape index (κ2) is 8.67. The quantitative estimate of drug-likeness (QED) is 0.398. The lowest BCUT2D eigenvalue weighted by Crippen LogP contribution is -2.38. The largest absolute Gasteiger partial charge is 0.378 e. The minimum Gasteiger partial charge on any atom is -0.378 e. The van der Waals surface area contributed by atoms with Gasteiger partial charge in [-0.15, -0.1) is 0 Å². The molecule has 1 unspecified atom stereocenters. The van der Waals surface area contributed by atoms with E-state index in [0.29, 0.717) is 14.4 Å². The first kappa shape index (κ1) is 22.1. The molecule has 0 spiro atoms.